The number of ether oxygens (including phenoxy) is 1. The first-order valence-corrected chi connectivity index (χ1v) is 3.25. The van der Waals surface area contributed by atoms with E-state index in [-0.39, 0.29) is 62.7 Å². The van der Waals surface area contributed by atoms with Crippen molar-refractivity contribution in [1.29, 1.82) is 0 Å². The molecule has 1 aromatic rings. The first-order chi connectivity index (χ1) is 5.65. The minimum atomic E-state index is -1.16. The summed E-state index contributed by atoms with van der Waals surface area (Å²) < 4.78 is 4.78. The Balaban J connectivity index is 0.00000144. The molecule has 0 aliphatic carbocycles. The molecule has 2 N–H and O–H groups in total. The van der Waals surface area contributed by atoms with Crippen molar-refractivity contribution in [1.82, 2.24) is 0 Å². The van der Waals surface area contributed by atoms with Crippen LogP contribution in [0.25, 0.3) is 0 Å². The van der Waals surface area contributed by atoms with Crippen LogP contribution in [-0.4, -0.2) is 74.7 Å². The van der Waals surface area contributed by atoms with Gasteiger partial charge >= 0.3 is 57.4 Å². The number of rotatable bonds is 2. The molecule has 0 radical (unpaired) electrons. The first kappa shape index (κ1) is 12.9. The van der Waals surface area contributed by atoms with Gasteiger partial charge in [-0.05, 0) is 12.1 Å². The molecule has 0 fully saturated rings. The van der Waals surface area contributed by atoms with Gasteiger partial charge in [0.15, 0.2) is 0 Å². The number of phenols is 1. The van der Waals surface area contributed by atoms with Crippen molar-refractivity contribution < 1.29 is 19.7 Å². The van der Waals surface area contributed by atoms with E-state index in [0.717, 1.165) is 0 Å². The van der Waals surface area contributed by atoms with Crippen LogP contribution in [0.4, 0.5) is 0 Å². The topological polar surface area (TPSA) is 66.8 Å². The zero-order chi connectivity index (χ0) is 9.14. The molecule has 0 saturated heterocycles. The third-order valence-electron chi connectivity index (χ3n) is 1.44. The predicted octanol–water partition coefficient (Wildman–Crippen LogP) is 0.450. The van der Waals surface area contributed by atoms with E-state index in [2.05, 4.69) is 0 Å². The maximum atomic E-state index is 10.4. The molecule has 0 aromatic heterocycles. The van der Waals surface area contributed by atoms with Gasteiger partial charge in [-0.3, -0.25) is 0 Å². The number of hydrogen-bond donors (Lipinski definition) is 2. The van der Waals surface area contributed by atoms with Crippen LogP contribution >= 0.6 is 0 Å². The molecule has 0 aliphatic heterocycles. The van der Waals surface area contributed by atoms with Gasteiger partial charge in [-0.25, -0.2) is 4.79 Å². The Morgan fingerprint density at radius 2 is 2.08 bits per heavy atom. The van der Waals surface area contributed by atoms with Gasteiger partial charge in [0.25, 0.3) is 0 Å². The fourth-order valence-corrected chi connectivity index (χ4v) is 0.819. The third-order valence-corrected chi connectivity index (χ3v) is 1.44. The molecule has 66 valence electrons. The molecule has 0 spiro atoms. The molecule has 0 saturated carbocycles. The quantitative estimate of drug-likeness (QED) is 0.692. The Bertz CT molecular complexity index is 311. The average molecular weight is 208 g/mol. The van der Waals surface area contributed by atoms with Crippen LogP contribution in [0.5, 0.6) is 11.5 Å². The minimum absolute atomic E-state index is 0. The van der Waals surface area contributed by atoms with E-state index in [0.29, 0.717) is 5.75 Å². The number of carbonyl (C=O) groups is 1. The standard InChI is InChI=1S/C8H8O4.K.H/c1-12-5-2-3-6(8(10)11)7(9)4-5;;/h2-4,9H,1H3,(H,10,11);;. The van der Waals surface area contributed by atoms with Crippen molar-refractivity contribution in [2.24, 2.45) is 0 Å². The van der Waals surface area contributed by atoms with Crippen molar-refractivity contribution in [3.05, 3.63) is 23.8 Å². The summed E-state index contributed by atoms with van der Waals surface area (Å²) >= 11 is 0. The Hall–Kier alpha value is -0.0736. The SMILES string of the molecule is COc1ccc(C(=O)O)c(O)c1.[KH]. The summed E-state index contributed by atoms with van der Waals surface area (Å²) in [6.07, 6.45) is 0. The predicted molar refractivity (Wildman–Crippen MR) is 48.8 cm³/mol. The number of benzene rings is 1. The molecule has 0 heterocycles. The van der Waals surface area contributed by atoms with Gasteiger partial charge in [0.1, 0.15) is 17.1 Å². The third kappa shape index (κ3) is 3.28. The molecule has 4 nitrogen and oxygen atoms in total. The number of hydrogen-bond acceptors (Lipinski definition) is 3. The van der Waals surface area contributed by atoms with Crippen LogP contribution in [0.2, 0.25) is 0 Å². The summed E-state index contributed by atoms with van der Waals surface area (Å²) in [6, 6.07) is 4.02. The number of carboxylic acid groups (broad SMARTS) is 1. The zero-order valence-electron chi connectivity index (χ0n) is 6.44. The van der Waals surface area contributed by atoms with Gasteiger partial charge in [0, 0.05) is 6.07 Å². The molecular formula is C8H9KO4. The summed E-state index contributed by atoms with van der Waals surface area (Å²) in [5, 5.41) is 17.7. The monoisotopic (exact) mass is 208 g/mol. The van der Waals surface area contributed by atoms with E-state index in [1.807, 2.05) is 0 Å². The zero-order valence-corrected chi connectivity index (χ0v) is 6.44. The van der Waals surface area contributed by atoms with E-state index in [9.17, 15) is 4.79 Å². The second kappa shape index (κ2) is 5.61. The Morgan fingerprint density at radius 3 is 2.46 bits per heavy atom. The molecular weight excluding hydrogens is 199 g/mol. The van der Waals surface area contributed by atoms with Crippen LogP contribution in [0.15, 0.2) is 18.2 Å². The van der Waals surface area contributed by atoms with Gasteiger partial charge in [0.2, 0.25) is 0 Å². The summed E-state index contributed by atoms with van der Waals surface area (Å²) in [5.74, 6) is -1.02. The molecule has 0 bridgehead atoms. The molecule has 5 heteroatoms. The van der Waals surface area contributed by atoms with Crippen molar-refractivity contribution in [2.45, 2.75) is 0 Å². The maximum absolute atomic E-state index is 10.4. The van der Waals surface area contributed by atoms with Gasteiger partial charge < -0.3 is 14.9 Å². The van der Waals surface area contributed by atoms with Crippen molar-refractivity contribution in [2.75, 3.05) is 7.11 Å². The van der Waals surface area contributed by atoms with Gasteiger partial charge in [-0.1, -0.05) is 0 Å². The number of aromatic hydroxyl groups is 1. The van der Waals surface area contributed by atoms with Crippen molar-refractivity contribution in [3.63, 3.8) is 0 Å². The molecule has 0 aliphatic rings. The van der Waals surface area contributed by atoms with Crippen molar-refractivity contribution >= 4 is 57.4 Å². The second-order valence-electron chi connectivity index (χ2n) is 2.19. The average Bonchev–Trinajstić information content (AvgIpc) is 2.03. The Kier molecular flexibility index (Phi) is 5.58. The van der Waals surface area contributed by atoms with Crippen LogP contribution in [0.1, 0.15) is 10.4 Å². The summed E-state index contributed by atoms with van der Waals surface area (Å²) in [4.78, 5) is 10.4. The van der Waals surface area contributed by atoms with E-state index in [4.69, 9.17) is 14.9 Å². The van der Waals surface area contributed by atoms with E-state index in [1.54, 1.807) is 0 Å². The second-order valence-corrected chi connectivity index (χ2v) is 2.19. The fourth-order valence-electron chi connectivity index (χ4n) is 0.819. The Labute approximate surface area is 118 Å². The summed E-state index contributed by atoms with van der Waals surface area (Å²) in [5.41, 5.74) is -0.129. The molecule has 13 heavy (non-hydrogen) atoms. The summed E-state index contributed by atoms with van der Waals surface area (Å²) in [7, 11) is 1.44. The number of aromatic carboxylic acids is 1. The molecule has 0 amide bonds. The van der Waals surface area contributed by atoms with Gasteiger partial charge in [0.05, 0.1) is 7.11 Å². The van der Waals surface area contributed by atoms with E-state index < -0.39 is 5.97 Å². The normalized spacial score (nSPS) is 8.69. The van der Waals surface area contributed by atoms with Crippen LogP contribution in [0.3, 0.4) is 0 Å². The van der Waals surface area contributed by atoms with E-state index in [1.165, 1.54) is 25.3 Å². The first-order valence-electron chi connectivity index (χ1n) is 3.25. The van der Waals surface area contributed by atoms with Crippen LogP contribution < -0.4 is 4.74 Å². The Morgan fingerprint density at radius 1 is 1.46 bits per heavy atom. The molecule has 0 atom stereocenters. The molecule has 1 rings (SSSR count). The summed E-state index contributed by atoms with van der Waals surface area (Å²) in [6.45, 7) is 0. The van der Waals surface area contributed by atoms with Crippen LogP contribution in [-0.2, 0) is 0 Å². The van der Waals surface area contributed by atoms with Crippen molar-refractivity contribution in [3.8, 4) is 11.5 Å². The molecule has 0 unspecified atom stereocenters. The van der Waals surface area contributed by atoms with Crippen LogP contribution in [0, 0.1) is 0 Å². The van der Waals surface area contributed by atoms with Gasteiger partial charge in [-0.15, -0.1) is 0 Å². The fraction of sp³-hybridized carbons (Fsp3) is 0.125. The van der Waals surface area contributed by atoms with E-state index >= 15 is 0 Å². The number of methoxy groups -OCH3 is 1. The molecule has 1 aromatic carbocycles. The van der Waals surface area contributed by atoms with Gasteiger partial charge in [-0.2, -0.15) is 0 Å². The number of carboxylic acids is 1.